The summed E-state index contributed by atoms with van der Waals surface area (Å²) in [5.41, 5.74) is 0.894. The van der Waals surface area contributed by atoms with Gasteiger partial charge in [0, 0.05) is 17.6 Å². The molecule has 0 radical (unpaired) electrons. The summed E-state index contributed by atoms with van der Waals surface area (Å²) in [6.07, 6.45) is 7.78. The van der Waals surface area contributed by atoms with Crippen LogP contribution < -0.4 is 4.90 Å². The van der Waals surface area contributed by atoms with E-state index in [1.807, 2.05) is 13.1 Å². The van der Waals surface area contributed by atoms with Gasteiger partial charge < -0.3 is 9.80 Å². The summed E-state index contributed by atoms with van der Waals surface area (Å²) in [6, 6.07) is 8.85. The van der Waals surface area contributed by atoms with Crippen LogP contribution in [0.15, 0.2) is 24.3 Å². The second kappa shape index (κ2) is 7.83. The zero-order valence-electron chi connectivity index (χ0n) is 16.8. The molecule has 4 fully saturated rings. The molecule has 4 aliphatic rings. The van der Waals surface area contributed by atoms with E-state index in [1.54, 1.807) is 12.1 Å². The largest absolute Gasteiger partial charge is 0.331 e. The van der Waals surface area contributed by atoms with Crippen molar-refractivity contribution in [3.8, 4) is 6.07 Å². The van der Waals surface area contributed by atoms with E-state index in [0.717, 1.165) is 47.5 Å². The summed E-state index contributed by atoms with van der Waals surface area (Å²) in [5, 5.41) is 9.15. The predicted molar refractivity (Wildman–Crippen MR) is 105 cm³/mol. The molecule has 28 heavy (non-hydrogen) atoms. The molecule has 0 saturated heterocycles. The molecule has 4 aliphatic carbocycles. The van der Waals surface area contributed by atoms with Gasteiger partial charge in [0.05, 0.1) is 19.5 Å². The zero-order valence-corrected chi connectivity index (χ0v) is 16.8. The number of nitrogens with one attached hydrogen (secondary N) is 1. The molecule has 1 amide bonds. The molecular weight excluding hydrogens is 353 g/mol. The molecule has 150 valence electrons. The monoisotopic (exact) mass is 384 g/mol. The predicted octanol–water partition coefficient (Wildman–Crippen LogP) is 2.55. The minimum atomic E-state index is -0.235. The van der Waals surface area contributed by atoms with Crippen molar-refractivity contribution in [3.05, 3.63) is 35.6 Å². The lowest BCUT2D eigenvalue weighted by atomic mass is 9.52. The lowest BCUT2D eigenvalue weighted by molar-refractivity contribution is -0.885. The molecule has 4 nitrogen and oxygen atoms in total. The van der Waals surface area contributed by atoms with Crippen LogP contribution in [0.4, 0.5) is 4.39 Å². The van der Waals surface area contributed by atoms with Crippen LogP contribution in [0.1, 0.15) is 50.5 Å². The molecule has 0 aliphatic heterocycles. The van der Waals surface area contributed by atoms with Crippen molar-refractivity contribution >= 4 is 5.91 Å². The Morgan fingerprint density at radius 2 is 1.89 bits per heavy atom. The normalized spacial score (nSPS) is 31.4. The van der Waals surface area contributed by atoms with Crippen molar-refractivity contribution in [2.45, 2.75) is 57.0 Å². The van der Waals surface area contributed by atoms with Crippen molar-refractivity contribution in [1.29, 1.82) is 5.26 Å². The van der Waals surface area contributed by atoms with Crippen molar-refractivity contribution < 1.29 is 14.1 Å². The highest BCUT2D eigenvalue weighted by Crippen LogP contribution is 2.57. The molecule has 1 aromatic rings. The molecule has 1 unspecified atom stereocenters. The molecule has 5 rings (SSSR count). The minimum Gasteiger partial charge on any atom is -0.331 e. The fraction of sp³-hybridized carbons (Fsp3) is 0.652. The number of nitriles is 1. The van der Waals surface area contributed by atoms with E-state index in [-0.39, 0.29) is 17.3 Å². The van der Waals surface area contributed by atoms with Crippen LogP contribution in [-0.2, 0) is 11.3 Å². The average molecular weight is 385 g/mol. The van der Waals surface area contributed by atoms with E-state index < -0.39 is 0 Å². The first-order chi connectivity index (χ1) is 13.5. The topological polar surface area (TPSA) is 48.5 Å². The molecule has 4 bridgehead atoms. The molecular formula is C23H31FN3O+. The van der Waals surface area contributed by atoms with E-state index in [0.29, 0.717) is 26.1 Å². The van der Waals surface area contributed by atoms with Crippen LogP contribution in [0.5, 0.6) is 0 Å². The summed E-state index contributed by atoms with van der Waals surface area (Å²) >= 11 is 0. The van der Waals surface area contributed by atoms with E-state index >= 15 is 0 Å². The highest BCUT2D eigenvalue weighted by molar-refractivity contribution is 5.78. The Bertz CT molecular complexity index is 736. The number of quaternary nitrogens is 1. The van der Waals surface area contributed by atoms with Gasteiger partial charge in [0.1, 0.15) is 12.4 Å². The number of amides is 1. The Kier molecular flexibility index (Phi) is 5.42. The highest BCUT2D eigenvalue weighted by Gasteiger charge is 2.54. The van der Waals surface area contributed by atoms with E-state index in [9.17, 15) is 9.18 Å². The van der Waals surface area contributed by atoms with E-state index in [1.165, 1.54) is 25.3 Å². The van der Waals surface area contributed by atoms with Gasteiger partial charge in [0.15, 0.2) is 6.54 Å². The number of likely N-dealkylation sites (N-methyl/N-ethyl adjacent to an activating group) is 1. The Morgan fingerprint density at radius 3 is 2.46 bits per heavy atom. The summed E-state index contributed by atoms with van der Waals surface area (Å²) in [5.74, 6) is 2.22. The van der Waals surface area contributed by atoms with Gasteiger partial charge in [-0.2, -0.15) is 5.26 Å². The lowest BCUT2D eigenvalue weighted by Crippen LogP contribution is -3.09. The van der Waals surface area contributed by atoms with Crippen LogP contribution in [0.2, 0.25) is 0 Å². The molecule has 0 spiro atoms. The van der Waals surface area contributed by atoms with Gasteiger partial charge in [-0.1, -0.05) is 12.1 Å². The molecule has 1 aromatic carbocycles. The third-order valence-corrected chi connectivity index (χ3v) is 7.17. The fourth-order valence-corrected chi connectivity index (χ4v) is 6.60. The number of rotatable bonds is 7. The smallest absolute Gasteiger partial charge is 0.278 e. The number of nitrogens with zero attached hydrogens (tertiary/aromatic N) is 2. The molecule has 1 atom stereocenters. The van der Waals surface area contributed by atoms with E-state index in [4.69, 9.17) is 5.26 Å². The number of carbonyl (C=O) groups excluding carboxylic acids is 1. The summed E-state index contributed by atoms with van der Waals surface area (Å²) in [6.45, 7) is 1.56. The van der Waals surface area contributed by atoms with Gasteiger partial charge in [0.2, 0.25) is 0 Å². The van der Waals surface area contributed by atoms with Gasteiger partial charge in [-0.15, -0.1) is 0 Å². The average Bonchev–Trinajstić information content (AvgIpc) is 2.60. The molecule has 1 N–H and O–H groups in total. The first-order valence-electron chi connectivity index (χ1n) is 10.7. The third kappa shape index (κ3) is 3.93. The van der Waals surface area contributed by atoms with Gasteiger partial charge in [0.25, 0.3) is 5.91 Å². The molecule has 0 aromatic heterocycles. The maximum Gasteiger partial charge on any atom is 0.278 e. The molecule has 0 heterocycles. The zero-order chi connectivity index (χ0) is 19.7. The maximum absolute atomic E-state index is 13.5. The number of carbonyl (C=O) groups is 1. The standard InChI is InChI=1S/C23H30FN3O/c1-26(15-17-4-2-5-21(24)11-17)16-22(28)27(7-3-6-25)23-12-18-8-19(13-23)10-20(9-18)14-23/h2,4-5,11,18-20H,3,7-10,12-16H2,1H3/p+1. The van der Waals surface area contributed by atoms with Gasteiger partial charge in [-0.3, -0.25) is 4.79 Å². The third-order valence-electron chi connectivity index (χ3n) is 7.17. The number of benzene rings is 1. The second-order valence-electron chi connectivity index (χ2n) is 9.54. The van der Waals surface area contributed by atoms with Crippen molar-refractivity contribution in [1.82, 2.24) is 4.90 Å². The van der Waals surface area contributed by atoms with Crippen LogP contribution in [-0.4, -0.2) is 36.5 Å². The molecule has 4 saturated carbocycles. The van der Waals surface area contributed by atoms with Crippen LogP contribution >= 0.6 is 0 Å². The summed E-state index contributed by atoms with van der Waals surface area (Å²) < 4.78 is 13.5. The Labute approximate surface area is 167 Å². The van der Waals surface area contributed by atoms with Crippen LogP contribution in [0.25, 0.3) is 0 Å². The first kappa shape index (κ1) is 19.4. The number of hydrogen-bond donors (Lipinski definition) is 1. The Morgan fingerprint density at radius 1 is 1.25 bits per heavy atom. The minimum absolute atomic E-state index is 0.0121. The summed E-state index contributed by atoms with van der Waals surface area (Å²) in [4.78, 5) is 16.5. The fourth-order valence-electron chi connectivity index (χ4n) is 6.60. The molecule has 5 heteroatoms. The summed E-state index contributed by atoms with van der Waals surface area (Å²) in [7, 11) is 1.99. The number of hydrogen-bond acceptors (Lipinski definition) is 2. The quantitative estimate of drug-likeness (QED) is 0.785. The SMILES string of the molecule is C[NH+](CC(=O)N(CCC#N)C12CC3CC(CC(C3)C1)C2)Cc1cccc(F)c1. The maximum atomic E-state index is 13.5. The van der Waals surface area contributed by atoms with Gasteiger partial charge in [-0.05, 0) is 68.4 Å². The van der Waals surface area contributed by atoms with Crippen LogP contribution in [0.3, 0.4) is 0 Å². The van der Waals surface area contributed by atoms with Crippen molar-refractivity contribution in [2.24, 2.45) is 17.8 Å². The number of halogens is 1. The Hall–Kier alpha value is -1.93. The highest BCUT2D eigenvalue weighted by atomic mass is 19.1. The first-order valence-corrected chi connectivity index (χ1v) is 10.7. The second-order valence-corrected chi connectivity index (χ2v) is 9.54. The van der Waals surface area contributed by atoms with E-state index in [2.05, 4.69) is 11.0 Å². The van der Waals surface area contributed by atoms with Gasteiger partial charge in [-0.25, -0.2) is 4.39 Å². The van der Waals surface area contributed by atoms with Gasteiger partial charge >= 0.3 is 0 Å². The van der Waals surface area contributed by atoms with Crippen LogP contribution in [0, 0.1) is 34.9 Å². The Balaban J connectivity index is 1.46. The van der Waals surface area contributed by atoms with Crippen molar-refractivity contribution in [2.75, 3.05) is 20.1 Å². The lowest BCUT2D eigenvalue weighted by Gasteiger charge is -2.60. The van der Waals surface area contributed by atoms with Crippen molar-refractivity contribution in [3.63, 3.8) is 0 Å².